The van der Waals surface area contributed by atoms with Gasteiger partial charge in [0.25, 0.3) is 5.41 Å². The fourth-order valence-electron chi connectivity index (χ4n) is 2.14. The van der Waals surface area contributed by atoms with Crippen LogP contribution in [0, 0.1) is 11.3 Å². The zero-order valence-electron chi connectivity index (χ0n) is 12.2. The average Bonchev–Trinajstić information content (AvgIpc) is 2.44. The summed E-state index contributed by atoms with van der Waals surface area (Å²) in [5.41, 5.74) is -2.90. The SMILES string of the molecule is CCCCCC(C(=O)O)C(C(=O)O)(C(=O)OC)C(=O)OC. The molecule has 0 aromatic heterocycles. The second-order valence-electron chi connectivity index (χ2n) is 4.48. The number of carbonyl (C=O) groups is 4. The van der Waals surface area contributed by atoms with Gasteiger partial charge in [-0.25, -0.2) is 0 Å². The number of carbonyl (C=O) groups excluding carboxylic acids is 2. The van der Waals surface area contributed by atoms with Crippen LogP contribution in [-0.2, 0) is 28.7 Å². The molecule has 1 unspecified atom stereocenters. The normalized spacial score (nSPS) is 12.3. The molecule has 0 aliphatic heterocycles. The van der Waals surface area contributed by atoms with E-state index >= 15 is 0 Å². The minimum absolute atomic E-state index is 0.153. The molecular weight excluding hydrogens is 284 g/mol. The van der Waals surface area contributed by atoms with Gasteiger partial charge >= 0.3 is 23.9 Å². The van der Waals surface area contributed by atoms with Gasteiger partial charge in [-0.15, -0.1) is 0 Å². The van der Waals surface area contributed by atoms with E-state index in [9.17, 15) is 29.4 Å². The minimum Gasteiger partial charge on any atom is -0.481 e. The van der Waals surface area contributed by atoms with Gasteiger partial charge in [0.15, 0.2) is 0 Å². The number of methoxy groups -OCH3 is 2. The molecule has 0 saturated carbocycles. The first-order chi connectivity index (χ1) is 9.80. The Morgan fingerprint density at radius 3 is 1.76 bits per heavy atom. The second kappa shape index (κ2) is 8.23. The number of esters is 2. The summed E-state index contributed by atoms with van der Waals surface area (Å²) in [6, 6.07) is 0. The third-order valence-electron chi connectivity index (χ3n) is 3.27. The summed E-state index contributed by atoms with van der Waals surface area (Å²) >= 11 is 0. The topological polar surface area (TPSA) is 127 Å². The van der Waals surface area contributed by atoms with E-state index in [2.05, 4.69) is 9.47 Å². The van der Waals surface area contributed by atoms with Crippen LogP contribution in [0.15, 0.2) is 0 Å². The molecule has 0 radical (unpaired) electrons. The highest BCUT2D eigenvalue weighted by atomic mass is 16.6. The van der Waals surface area contributed by atoms with E-state index in [-0.39, 0.29) is 6.42 Å². The van der Waals surface area contributed by atoms with Gasteiger partial charge in [0.05, 0.1) is 20.1 Å². The molecule has 0 rings (SSSR count). The predicted octanol–water partition coefficient (Wildman–Crippen LogP) is 0.684. The Balaban J connectivity index is 5.89. The van der Waals surface area contributed by atoms with Crippen LogP contribution >= 0.6 is 0 Å². The van der Waals surface area contributed by atoms with E-state index in [0.717, 1.165) is 20.6 Å². The first-order valence-corrected chi connectivity index (χ1v) is 6.43. The monoisotopic (exact) mass is 304 g/mol. The van der Waals surface area contributed by atoms with Crippen molar-refractivity contribution in [2.45, 2.75) is 32.6 Å². The lowest BCUT2D eigenvalue weighted by Crippen LogP contribution is -2.55. The van der Waals surface area contributed by atoms with E-state index < -0.39 is 35.2 Å². The molecule has 120 valence electrons. The Labute approximate surface area is 122 Å². The summed E-state index contributed by atoms with van der Waals surface area (Å²) in [5, 5.41) is 18.6. The van der Waals surface area contributed by atoms with Crippen LogP contribution in [0.5, 0.6) is 0 Å². The molecule has 0 fully saturated rings. The maximum Gasteiger partial charge on any atom is 0.335 e. The van der Waals surface area contributed by atoms with Crippen LogP contribution in [0.2, 0.25) is 0 Å². The summed E-state index contributed by atoms with van der Waals surface area (Å²) < 4.78 is 8.71. The molecule has 8 heteroatoms. The van der Waals surface area contributed by atoms with E-state index in [1.54, 1.807) is 0 Å². The van der Waals surface area contributed by atoms with Crippen LogP contribution in [0.1, 0.15) is 32.6 Å². The number of hydrogen-bond donors (Lipinski definition) is 2. The van der Waals surface area contributed by atoms with Crippen molar-refractivity contribution < 1.29 is 38.9 Å². The molecule has 0 bridgehead atoms. The molecule has 0 heterocycles. The number of aliphatic carboxylic acids is 2. The molecule has 0 spiro atoms. The third-order valence-corrected chi connectivity index (χ3v) is 3.27. The maximum atomic E-state index is 11.9. The molecule has 0 aromatic rings. The zero-order valence-corrected chi connectivity index (χ0v) is 12.2. The van der Waals surface area contributed by atoms with Crippen molar-refractivity contribution >= 4 is 23.9 Å². The summed E-state index contributed by atoms with van der Waals surface area (Å²) in [4.78, 5) is 46.7. The van der Waals surface area contributed by atoms with Crippen LogP contribution in [0.4, 0.5) is 0 Å². The first-order valence-electron chi connectivity index (χ1n) is 6.43. The van der Waals surface area contributed by atoms with Gasteiger partial charge in [0.2, 0.25) is 0 Å². The van der Waals surface area contributed by atoms with Gasteiger partial charge in [-0.05, 0) is 6.42 Å². The second-order valence-corrected chi connectivity index (χ2v) is 4.48. The van der Waals surface area contributed by atoms with Gasteiger partial charge in [0, 0.05) is 0 Å². The molecule has 2 N–H and O–H groups in total. The Kier molecular flexibility index (Phi) is 7.40. The molecule has 0 amide bonds. The highest BCUT2D eigenvalue weighted by molar-refractivity contribution is 6.19. The Hall–Kier alpha value is -2.12. The number of unbranched alkanes of at least 4 members (excludes halogenated alkanes) is 2. The molecule has 8 nitrogen and oxygen atoms in total. The van der Waals surface area contributed by atoms with E-state index in [4.69, 9.17) is 0 Å². The standard InChI is InChI=1S/C13H20O8/c1-4-5-6-7-8(9(14)15)13(10(16)17,11(18)20-2)12(19)21-3/h8H,4-7H2,1-3H3,(H,14,15)(H,16,17). The van der Waals surface area contributed by atoms with Crippen LogP contribution in [-0.4, -0.2) is 48.3 Å². The first kappa shape index (κ1) is 18.9. The van der Waals surface area contributed by atoms with Gasteiger partial charge < -0.3 is 19.7 Å². The highest BCUT2D eigenvalue weighted by Gasteiger charge is 2.63. The summed E-state index contributed by atoms with van der Waals surface area (Å²) in [6.45, 7) is 1.88. The van der Waals surface area contributed by atoms with Gasteiger partial charge in [-0.2, -0.15) is 0 Å². The number of carboxylic acid groups (broad SMARTS) is 2. The van der Waals surface area contributed by atoms with Crippen molar-refractivity contribution in [2.24, 2.45) is 11.3 Å². The molecule has 0 saturated heterocycles. The Bertz CT molecular complexity index is 398. The molecule has 0 aliphatic rings. The lowest BCUT2D eigenvalue weighted by molar-refractivity contribution is -0.189. The number of ether oxygens (including phenoxy) is 2. The zero-order chi connectivity index (χ0) is 16.6. The third kappa shape index (κ3) is 3.71. The predicted molar refractivity (Wildman–Crippen MR) is 69.4 cm³/mol. The summed E-state index contributed by atoms with van der Waals surface area (Å²) in [5.74, 6) is -8.13. The number of carboxylic acids is 2. The van der Waals surface area contributed by atoms with Crippen LogP contribution in [0.3, 0.4) is 0 Å². The fraction of sp³-hybridized carbons (Fsp3) is 0.692. The Morgan fingerprint density at radius 2 is 1.48 bits per heavy atom. The largest absolute Gasteiger partial charge is 0.481 e. The molecular formula is C13H20O8. The molecule has 21 heavy (non-hydrogen) atoms. The van der Waals surface area contributed by atoms with Crippen molar-refractivity contribution in [3.8, 4) is 0 Å². The van der Waals surface area contributed by atoms with Crippen molar-refractivity contribution in [1.29, 1.82) is 0 Å². The Morgan fingerprint density at radius 1 is 1.00 bits per heavy atom. The smallest absolute Gasteiger partial charge is 0.335 e. The minimum atomic E-state index is -2.90. The number of hydrogen-bond acceptors (Lipinski definition) is 6. The van der Waals surface area contributed by atoms with Crippen LogP contribution < -0.4 is 0 Å². The number of rotatable bonds is 9. The van der Waals surface area contributed by atoms with Gasteiger partial charge in [-0.3, -0.25) is 19.2 Å². The van der Waals surface area contributed by atoms with Gasteiger partial charge in [-0.1, -0.05) is 26.2 Å². The van der Waals surface area contributed by atoms with E-state index in [0.29, 0.717) is 12.8 Å². The van der Waals surface area contributed by atoms with E-state index in [1.807, 2.05) is 6.92 Å². The summed E-state index contributed by atoms with van der Waals surface area (Å²) in [7, 11) is 1.77. The van der Waals surface area contributed by atoms with Gasteiger partial charge in [0.1, 0.15) is 0 Å². The molecule has 1 atom stereocenters. The quantitative estimate of drug-likeness (QED) is 0.362. The molecule has 0 aromatic carbocycles. The van der Waals surface area contributed by atoms with Crippen molar-refractivity contribution in [2.75, 3.05) is 14.2 Å². The van der Waals surface area contributed by atoms with Crippen molar-refractivity contribution in [3.63, 3.8) is 0 Å². The highest BCUT2D eigenvalue weighted by Crippen LogP contribution is 2.36. The maximum absolute atomic E-state index is 11.9. The van der Waals surface area contributed by atoms with Crippen LogP contribution in [0.25, 0.3) is 0 Å². The average molecular weight is 304 g/mol. The fourth-order valence-corrected chi connectivity index (χ4v) is 2.14. The molecule has 0 aliphatic carbocycles. The van der Waals surface area contributed by atoms with Crippen molar-refractivity contribution in [3.05, 3.63) is 0 Å². The summed E-state index contributed by atoms with van der Waals surface area (Å²) in [6.07, 6.45) is 1.61. The lowest BCUT2D eigenvalue weighted by Gasteiger charge is -2.29. The van der Waals surface area contributed by atoms with E-state index in [1.165, 1.54) is 0 Å². The lowest BCUT2D eigenvalue weighted by atomic mass is 9.72. The van der Waals surface area contributed by atoms with Crippen molar-refractivity contribution in [1.82, 2.24) is 0 Å².